The zero-order valence-electron chi connectivity index (χ0n) is 13.6. The molecule has 1 aromatic rings. The first-order valence-corrected chi connectivity index (χ1v) is 8.08. The van der Waals surface area contributed by atoms with Gasteiger partial charge in [0.1, 0.15) is 0 Å². The van der Waals surface area contributed by atoms with E-state index in [0.717, 1.165) is 13.0 Å². The molecular formula is C15H26IN3O2S. The number of nitrogens with one attached hydrogen (secondary N) is 2. The summed E-state index contributed by atoms with van der Waals surface area (Å²) in [5.41, 5.74) is 0. The number of thiophene rings is 1. The van der Waals surface area contributed by atoms with Crippen molar-refractivity contribution < 1.29 is 9.53 Å². The first kappa shape index (κ1) is 21.2. The number of hydrogen-bond acceptors (Lipinski definition) is 4. The van der Waals surface area contributed by atoms with Crippen molar-refractivity contribution in [2.75, 3.05) is 13.6 Å². The van der Waals surface area contributed by atoms with E-state index in [2.05, 4.69) is 34.7 Å². The third kappa shape index (κ3) is 8.57. The zero-order valence-corrected chi connectivity index (χ0v) is 16.8. The monoisotopic (exact) mass is 439 g/mol. The molecule has 0 fully saturated rings. The maximum atomic E-state index is 11.4. The molecule has 0 spiro atoms. The van der Waals surface area contributed by atoms with Gasteiger partial charge in [0.2, 0.25) is 0 Å². The Morgan fingerprint density at radius 1 is 1.32 bits per heavy atom. The molecule has 0 saturated heterocycles. The van der Waals surface area contributed by atoms with Crippen molar-refractivity contribution in [3.05, 3.63) is 21.9 Å². The highest BCUT2D eigenvalue weighted by Gasteiger charge is 2.06. The van der Waals surface area contributed by atoms with E-state index in [0.29, 0.717) is 18.9 Å². The van der Waals surface area contributed by atoms with Crippen LogP contribution in [0.5, 0.6) is 0 Å². The van der Waals surface area contributed by atoms with Gasteiger partial charge in [0.05, 0.1) is 19.1 Å². The lowest BCUT2D eigenvalue weighted by Crippen LogP contribution is -2.37. The van der Waals surface area contributed by atoms with Crippen molar-refractivity contribution in [3.63, 3.8) is 0 Å². The van der Waals surface area contributed by atoms with E-state index >= 15 is 0 Å². The fourth-order valence-electron chi connectivity index (χ4n) is 1.70. The van der Waals surface area contributed by atoms with E-state index in [1.807, 2.05) is 13.8 Å². The number of carbonyl (C=O) groups is 1. The number of esters is 1. The number of carbonyl (C=O) groups excluding carboxylic acids is 1. The van der Waals surface area contributed by atoms with Crippen LogP contribution in [0.15, 0.2) is 17.1 Å². The van der Waals surface area contributed by atoms with Crippen LogP contribution >= 0.6 is 35.3 Å². The number of aliphatic imine (C=N–C) groups is 1. The van der Waals surface area contributed by atoms with E-state index < -0.39 is 0 Å². The van der Waals surface area contributed by atoms with Gasteiger partial charge in [0, 0.05) is 23.3 Å². The average Bonchev–Trinajstić information content (AvgIpc) is 2.89. The lowest BCUT2D eigenvalue weighted by atomic mass is 10.3. The van der Waals surface area contributed by atoms with E-state index in [-0.39, 0.29) is 36.0 Å². The highest BCUT2D eigenvalue weighted by Crippen LogP contribution is 2.16. The Morgan fingerprint density at radius 2 is 2.00 bits per heavy atom. The Labute approximate surface area is 154 Å². The van der Waals surface area contributed by atoms with Gasteiger partial charge >= 0.3 is 5.97 Å². The highest BCUT2D eigenvalue weighted by atomic mass is 127. The number of rotatable bonds is 7. The van der Waals surface area contributed by atoms with E-state index in [1.165, 1.54) is 9.75 Å². The maximum absolute atomic E-state index is 11.4. The molecule has 2 N–H and O–H groups in total. The normalized spacial score (nSPS) is 11.0. The summed E-state index contributed by atoms with van der Waals surface area (Å²) >= 11 is 1.80. The van der Waals surface area contributed by atoms with Crippen LogP contribution in [-0.2, 0) is 22.5 Å². The lowest BCUT2D eigenvalue weighted by molar-refractivity contribution is -0.147. The molecule has 0 aromatic carbocycles. The third-order valence-corrected chi connectivity index (χ3v) is 3.94. The van der Waals surface area contributed by atoms with Crippen LogP contribution in [-0.4, -0.2) is 31.6 Å². The fourth-order valence-corrected chi connectivity index (χ4v) is 2.60. The van der Waals surface area contributed by atoms with Gasteiger partial charge < -0.3 is 15.4 Å². The quantitative estimate of drug-likeness (QED) is 0.297. The van der Waals surface area contributed by atoms with Crippen LogP contribution in [0.3, 0.4) is 0 Å². The largest absolute Gasteiger partial charge is 0.463 e. The van der Waals surface area contributed by atoms with Gasteiger partial charge in [-0.2, -0.15) is 0 Å². The number of halogens is 1. The van der Waals surface area contributed by atoms with Crippen LogP contribution in [0.25, 0.3) is 0 Å². The summed E-state index contributed by atoms with van der Waals surface area (Å²) in [5.74, 6) is 0.498. The molecule has 0 unspecified atom stereocenters. The maximum Gasteiger partial charge on any atom is 0.307 e. The van der Waals surface area contributed by atoms with Gasteiger partial charge in [0.15, 0.2) is 5.96 Å². The zero-order chi connectivity index (χ0) is 15.7. The van der Waals surface area contributed by atoms with Crippen molar-refractivity contribution >= 4 is 47.2 Å². The summed E-state index contributed by atoms with van der Waals surface area (Å²) in [5, 5.41) is 6.34. The summed E-state index contributed by atoms with van der Waals surface area (Å²) < 4.78 is 5.07. The summed E-state index contributed by atoms with van der Waals surface area (Å²) in [6, 6.07) is 4.28. The first-order valence-electron chi connectivity index (χ1n) is 7.26. The molecule has 1 heterocycles. The topological polar surface area (TPSA) is 62.7 Å². The Hall–Kier alpha value is -0.830. The number of hydrogen-bond donors (Lipinski definition) is 2. The summed E-state index contributed by atoms with van der Waals surface area (Å²) in [7, 11) is 1.72. The van der Waals surface area contributed by atoms with Crippen molar-refractivity contribution in [1.82, 2.24) is 10.6 Å². The lowest BCUT2D eigenvalue weighted by Gasteiger charge is -2.12. The average molecular weight is 439 g/mol. The molecule has 0 saturated carbocycles. The molecule has 7 heteroatoms. The van der Waals surface area contributed by atoms with Crippen molar-refractivity contribution in [2.45, 2.75) is 46.3 Å². The van der Waals surface area contributed by atoms with E-state index in [1.54, 1.807) is 18.4 Å². The molecule has 0 atom stereocenters. The Kier molecular flexibility index (Phi) is 11.3. The Balaban J connectivity index is 0.00000441. The van der Waals surface area contributed by atoms with Crippen LogP contribution in [0, 0.1) is 0 Å². The minimum absolute atomic E-state index is 0. The molecule has 1 aromatic heterocycles. The molecule has 0 amide bonds. The van der Waals surface area contributed by atoms with Crippen molar-refractivity contribution in [1.29, 1.82) is 0 Å². The SMILES string of the molecule is CCc1ccc(CNC(=NC)NCCC(=O)OC(C)C)s1.I. The van der Waals surface area contributed by atoms with Crippen LogP contribution in [0.2, 0.25) is 0 Å². The summed E-state index contributed by atoms with van der Waals surface area (Å²) in [6.45, 7) is 7.09. The van der Waals surface area contributed by atoms with Gasteiger partial charge in [-0.3, -0.25) is 9.79 Å². The van der Waals surface area contributed by atoms with Crippen molar-refractivity contribution in [3.8, 4) is 0 Å². The minimum atomic E-state index is -0.196. The second-order valence-corrected chi connectivity index (χ2v) is 6.12. The second-order valence-electron chi connectivity index (χ2n) is 4.86. The molecule has 0 radical (unpaired) electrons. The molecule has 0 aliphatic carbocycles. The molecule has 0 aliphatic heterocycles. The number of aryl methyl sites for hydroxylation is 1. The van der Waals surface area contributed by atoms with Crippen LogP contribution in [0.4, 0.5) is 0 Å². The fraction of sp³-hybridized carbons (Fsp3) is 0.600. The van der Waals surface area contributed by atoms with E-state index in [4.69, 9.17) is 4.74 Å². The summed E-state index contributed by atoms with van der Waals surface area (Å²) in [6.07, 6.45) is 1.33. The predicted octanol–water partition coefficient (Wildman–Crippen LogP) is 2.94. The minimum Gasteiger partial charge on any atom is -0.463 e. The molecular weight excluding hydrogens is 413 g/mol. The van der Waals surface area contributed by atoms with Gasteiger partial charge in [-0.1, -0.05) is 6.92 Å². The first-order chi connectivity index (χ1) is 10.0. The van der Waals surface area contributed by atoms with Crippen molar-refractivity contribution in [2.24, 2.45) is 4.99 Å². The van der Waals surface area contributed by atoms with Gasteiger partial charge in [-0.15, -0.1) is 35.3 Å². The molecule has 126 valence electrons. The second kappa shape index (κ2) is 11.7. The Morgan fingerprint density at radius 3 is 2.55 bits per heavy atom. The Bertz CT molecular complexity index is 475. The molecule has 1 rings (SSSR count). The number of nitrogens with zero attached hydrogens (tertiary/aromatic N) is 1. The standard InChI is InChI=1S/C15H25N3O2S.HI/c1-5-12-6-7-13(21-12)10-18-15(16-4)17-9-8-14(19)20-11(2)3;/h6-7,11H,5,8-10H2,1-4H3,(H2,16,17,18);1H. The highest BCUT2D eigenvalue weighted by molar-refractivity contribution is 14.0. The molecule has 22 heavy (non-hydrogen) atoms. The predicted molar refractivity (Wildman–Crippen MR) is 103 cm³/mol. The third-order valence-electron chi connectivity index (χ3n) is 2.71. The molecule has 5 nitrogen and oxygen atoms in total. The molecule has 0 bridgehead atoms. The van der Waals surface area contributed by atoms with E-state index in [9.17, 15) is 4.79 Å². The molecule has 0 aliphatic rings. The number of guanidine groups is 1. The summed E-state index contributed by atoms with van der Waals surface area (Å²) in [4.78, 5) is 18.2. The van der Waals surface area contributed by atoms with Gasteiger partial charge in [0.25, 0.3) is 0 Å². The smallest absolute Gasteiger partial charge is 0.307 e. The van der Waals surface area contributed by atoms with Crippen LogP contribution in [0.1, 0.15) is 36.9 Å². The van der Waals surface area contributed by atoms with Crippen LogP contribution < -0.4 is 10.6 Å². The number of ether oxygens (including phenoxy) is 1. The van der Waals surface area contributed by atoms with Gasteiger partial charge in [-0.25, -0.2) is 0 Å². The van der Waals surface area contributed by atoms with Gasteiger partial charge in [-0.05, 0) is 32.4 Å².